The van der Waals surface area contributed by atoms with Gasteiger partial charge in [-0.05, 0) is 28.8 Å². The Balaban J connectivity index is 1.93. The number of benzene rings is 3. The lowest BCUT2D eigenvalue weighted by Gasteiger charge is -2.21. The number of phenolic OH excluding ortho intramolecular Hbond substituents is 1. The fourth-order valence-electron chi connectivity index (χ4n) is 2.81. The Morgan fingerprint density at radius 3 is 1.63 bits per heavy atom. The molecule has 0 aromatic heterocycles. The Kier molecular flexibility index (Phi) is 5.52. The molecule has 3 rings (SSSR count). The van der Waals surface area contributed by atoms with Crippen LogP contribution in [0.3, 0.4) is 0 Å². The predicted octanol–water partition coefficient (Wildman–Crippen LogP) is 3.89. The molecule has 2 N–H and O–H groups in total. The lowest BCUT2D eigenvalue weighted by atomic mass is 9.98. The highest BCUT2D eigenvalue weighted by Gasteiger charge is 2.32. The highest BCUT2D eigenvalue weighted by Crippen LogP contribution is 2.29. The molecule has 3 aromatic rings. The number of hydrogen-bond donors (Lipinski definition) is 2. The summed E-state index contributed by atoms with van der Waals surface area (Å²) in [6, 6.07) is 23.8. The summed E-state index contributed by atoms with van der Waals surface area (Å²) >= 11 is 0. The number of hydrogen-bond acceptors (Lipinski definition) is 4. The standard InChI is InChI=1S/C22H18O5/c23-18-13-11-15(12-14-18)19(21(24)25)22(26)27-20(16-7-3-1-4-8-16)17-9-5-2-6-10-17/h1-14,19-20,23H,(H,24,25). The largest absolute Gasteiger partial charge is 0.508 e. The number of esters is 1. The molecule has 0 spiro atoms. The monoisotopic (exact) mass is 362 g/mol. The quantitative estimate of drug-likeness (QED) is 0.513. The van der Waals surface area contributed by atoms with Gasteiger partial charge in [0.05, 0.1) is 0 Å². The highest BCUT2D eigenvalue weighted by molar-refractivity contribution is 6.00. The van der Waals surface area contributed by atoms with E-state index in [-0.39, 0.29) is 11.3 Å². The molecule has 1 atom stereocenters. The van der Waals surface area contributed by atoms with Gasteiger partial charge in [-0.3, -0.25) is 9.59 Å². The highest BCUT2D eigenvalue weighted by atomic mass is 16.5. The van der Waals surface area contributed by atoms with Crippen LogP contribution in [0.15, 0.2) is 84.9 Å². The Morgan fingerprint density at radius 2 is 1.19 bits per heavy atom. The van der Waals surface area contributed by atoms with E-state index in [1.807, 2.05) is 60.7 Å². The molecule has 27 heavy (non-hydrogen) atoms. The van der Waals surface area contributed by atoms with E-state index in [0.717, 1.165) is 11.1 Å². The molecule has 0 amide bonds. The zero-order valence-corrected chi connectivity index (χ0v) is 14.4. The van der Waals surface area contributed by atoms with Gasteiger partial charge in [-0.2, -0.15) is 0 Å². The molecule has 3 aromatic carbocycles. The topological polar surface area (TPSA) is 83.8 Å². The molecule has 0 aliphatic carbocycles. The molecule has 0 aliphatic rings. The molecule has 0 bridgehead atoms. The Bertz CT molecular complexity index is 865. The van der Waals surface area contributed by atoms with E-state index in [4.69, 9.17) is 4.74 Å². The van der Waals surface area contributed by atoms with E-state index in [1.54, 1.807) is 0 Å². The van der Waals surface area contributed by atoms with Gasteiger partial charge < -0.3 is 14.9 Å². The number of carboxylic acids is 1. The third kappa shape index (κ3) is 4.33. The third-order valence-electron chi connectivity index (χ3n) is 4.15. The minimum Gasteiger partial charge on any atom is -0.508 e. The molecule has 0 radical (unpaired) electrons. The normalized spacial score (nSPS) is 11.7. The van der Waals surface area contributed by atoms with Gasteiger partial charge in [0.15, 0.2) is 12.0 Å². The summed E-state index contributed by atoms with van der Waals surface area (Å²) in [7, 11) is 0. The zero-order valence-electron chi connectivity index (χ0n) is 14.4. The first-order valence-corrected chi connectivity index (χ1v) is 8.38. The molecular weight excluding hydrogens is 344 g/mol. The zero-order chi connectivity index (χ0) is 19.2. The van der Waals surface area contributed by atoms with Crippen LogP contribution in [0, 0.1) is 0 Å². The summed E-state index contributed by atoms with van der Waals surface area (Å²) in [5.41, 5.74) is 1.73. The van der Waals surface area contributed by atoms with Gasteiger partial charge in [-0.15, -0.1) is 0 Å². The number of phenols is 1. The van der Waals surface area contributed by atoms with Crippen molar-refractivity contribution in [2.75, 3.05) is 0 Å². The van der Waals surface area contributed by atoms with Gasteiger partial charge in [0, 0.05) is 0 Å². The third-order valence-corrected chi connectivity index (χ3v) is 4.15. The van der Waals surface area contributed by atoms with Crippen LogP contribution in [0.5, 0.6) is 5.75 Å². The molecule has 0 saturated heterocycles. The fourth-order valence-corrected chi connectivity index (χ4v) is 2.81. The summed E-state index contributed by atoms with van der Waals surface area (Å²) in [6.45, 7) is 0. The van der Waals surface area contributed by atoms with Crippen molar-refractivity contribution < 1.29 is 24.5 Å². The second-order valence-electron chi connectivity index (χ2n) is 6.00. The van der Waals surface area contributed by atoms with Crippen molar-refractivity contribution in [1.29, 1.82) is 0 Å². The van der Waals surface area contributed by atoms with Crippen molar-refractivity contribution >= 4 is 11.9 Å². The number of aliphatic carboxylic acids is 1. The van der Waals surface area contributed by atoms with E-state index < -0.39 is 24.0 Å². The molecule has 0 fully saturated rings. The SMILES string of the molecule is O=C(O)C(C(=O)OC(c1ccccc1)c1ccccc1)c1ccc(O)cc1. The second kappa shape index (κ2) is 8.19. The van der Waals surface area contributed by atoms with E-state index in [9.17, 15) is 19.8 Å². The van der Waals surface area contributed by atoms with Crippen molar-refractivity contribution in [2.45, 2.75) is 12.0 Å². The Labute approximate surface area is 156 Å². The summed E-state index contributed by atoms with van der Waals surface area (Å²) in [6.07, 6.45) is -0.723. The summed E-state index contributed by atoms with van der Waals surface area (Å²) in [4.78, 5) is 24.5. The van der Waals surface area contributed by atoms with Gasteiger partial charge in [-0.25, -0.2) is 0 Å². The van der Waals surface area contributed by atoms with Gasteiger partial charge >= 0.3 is 11.9 Å². The van der Waals surface area contributed by atoms with Crippen molar-refractivity contribution in [2.24, 2.45) is 0 Å². The van der Waals surface area contributed by atoms with Crippen LogP contribution >= 0.6 is 0 Å². The van der Waals surface area contributed by atoms with Gasteiger partial charge in [0.2, 0.25) is 0 Å². The van der Waals surface area contributed by atoms with Crippen molar-refractivity contribution in [1.82, 2.24) is 0 Å². The minimum absolute atomic E-state index is 0.0114. The molecule has 0 heterocycles. The molecule has 0 aliphatic heterocycles. The van der Waals surface area contributed by atoms with Crippen LogP contribution in [0.25, 0.3) is 0 Å². The minimum atomic E-state index is -1.49. The second-order valence-corrected chi connectivity index (χ2v) is 6.00. The van der Waals surface area contributed by atoms with Crippen LogP contribution in [0.1, 0.15) is 28.7 Å². The van der Waals surface area contributed by atoms with Gasteiger partial charge in [0.1, 0.15) is 5.75 Å². The number of carbonyl (C=O) groups is 2. The van der Waals surface area contributed by atoms with E-state index in [0.29, 0.717) is 0 Å². The summed E-state index contributed by atoms with van der Waals surface area (Å²) < 4.78 is 5.65. The van der Waals surface area contributed by atoms with Crippen molar-refractivity contribution in [3.8, 4) is 5.75 Å². The number of ether oxygens (including phenoxy) is 1. The molecule has 136 valence electrons. The maximum absolute atomic E-state index is 12.8. The number of carbonyl (C=O) groups excluding carboxylic acids is 1. The van der Waals surface area contributed by atoms with Crippen LogP contribution in [-0.2, 0) is 14.3 Å². The Morgan fingerprint density at radius 1 is 0.704 bits per heavy atom. The maximum atomic E-state index is 12.8. The number of carboxylic acid groups (broad SMARTS) is 1. The molecule has 1 unspecified atom stereocenters. The number of aromatic hydroxyl groups is 1. The van der Waals surface area contributed by atoms with E-state index in [2.05, 4.69) is 0 Å². The van der Waals surface area contributed by atoms with E-state index >= 15 is 0 Å². The first kappa shape index (κ1) is 18.2. The van der Waals surface area contributed by atoms with Crippen molar-refractivity contribution in [3.63, 3.8) is 0 Å². The molecule has 5 heteroatoms. The summed E-state index contributed by atoms with van der Waals surface area (Å²) in [5, 5.41) is 19.0. The van der Waals surface area contributed by atoms with Crippen LogP contribution in [0.4, 0.5) is 0 Å². The van der Waals surface area contributed by atoms with Crippen molar-refractivity contribution in [3.05, 3.63) is 102 Å². The van der Waals surface area contributed by atoms with Crippen LogP contribution < -0.4 is 0 Å². The summed E-state index contributed by atoms with van der Waals surface area (Å²) in [5.74, 6) is -3.68. The molecule has 0 saturated carbocycles. The predicted molar refractivity (Wildman–Crippen MR) is 99.3 cm³/mol. The fraction of sp³-hybridized carbons (Fsp3) is 0.0909. The van der Waals surface area contributed by atoms with E-state index in [1.165, 1.54) is 24.3 Å². The molecule has 5 nitrogen and oxygen atoms in total. The average molecular weight is 362 g/mol. The maximum Gasteiger partial charge on any atom is 0.325 e. The lowest BCUT2D eigenvalue weighted by Crippen LogP contribution is -2.25. The molecular formula is C22H18O5. The lowest BCUT2D eigenvalue weighted by molar-refractivity contribution is -0.156. The average Bonchev–Trinajstić information content (AvgIpc) is 2.69. The first-order valence-electron chi connectivity index (χ1n) is 8.38. The Hall–Kier alpha value is -3.60. The van der Waals surface area contributed by atoms with Crippen LogP contribution in [0.2, 0.25) is 0 Å². The number of rotatable bonds is 6. The first-order chi connectivity index (χ1) is 13.1. The van der Waals surface area contributed by atoms with Crippen LogP contribution in [-0.4, -0.2) is 22.2 Å². The van der Waals surface area contributed by atoms with Gasteiger partial charge in [0.25, 0.3) is 0 Å². The smallest absolute Gasteiger partial charge is 0.325 e. The van der Waals surface area contributed by atoms with Gasteiger partial charge in [-0.1, -0.05) is 72.8 Å².